The molecule has 1 fully saturated rings. The lowest BCUT2D eigenvalue weighted by molar-refractivity contribution is -0.149. The fourth-order valence-corrected chi connectivity index (χ4v) is 3.13. The van der Waals surface area contributed by atoms with Crippen LogP contribution in [0.2, 0.25) is 0 Å². The zero-order valence-electron chi connectivity index (χ0n) is 18.2. The number of anilines is 1. The molecule has 0 aliphatic carbocycles. The molecule has 0 saturated carbocycles. The van der Waals surface area contributed by atoms with E-state index in [0.717, 1.165) is 6.20 Å². The van der Waals surface area contributed by atoms with E-state index in [1.54, 1.807) is 20.8 Å². The molecule has 168 valence electrons. The summed E-state index contributed by atoms with van der Waals surface area (Å²) in [4.78, 5) is 29.7. The number of rotatable bonds is 7. The molecule has 0 spiro atoms. The Hall–Kier alpha value is -2.42. The van der Waals surface area contributed by atoms with Gasteiger partial charge in [-0.25, -0.2) is 9.18 Å². The van der Waals surface area contributed by atoms with Crippen molar-refractivity contribution in [2.45, 2.75) is 71.1 Å². The van der Waals surface area contributed by atoms with Gasteiger partial charge in [-0.3, -0.25) is 14.7 Å². The van der Waals surface area contributed by atoms with Gasteiger partial charge >= 0.3 is 12.1 Å². The van der Waals surface area contributed by atoms with Gasteiger partial charge in [0, 0.05) is 12.0 Å². The lowest BCUT2D eigenvalue weighted by atomic mass is 10.0. The number of nitrogens with zero attached hydrogens (tertiary/aromatic N) is 2. The van der Waals surface area contributed by atoms with Crippen LogP contribution < -0.4 is 5.73 Å². The van der Waals surface area contributed by atoms with Gasteiger partial charge in [0.05, 0.1) is 43.4 Å². The van der Waals surface area contributed by atoms with Crippen LogP contribution >= 0.6 is 0 Å². The summed E-state index contributed by atoms with van der Waals surface area (Å²) in [5.41, 5.74) is 5.83. The van der Waals surface area contributed by atoms with Gasteiger partial charge in [0.2, 0.25) is 0 Å². The Morgan fingerprint density at radius 1 is 1.37 bits per heavy atom. The standard InChI is InChI=1S/C21H32FN3O5/c1-5-6-19(26)29-13-14-12-28-15(11-25(14)20(27)30-21(2,3)4)7-8-16-17(22)9-24-10-18(16)23/h9-10,14-15H,5-8,11-13,23H2,1-4H3/t14-,15+/m0/s1. The Kier molecular flexibility index (Phi) is 8.40. The van der Waals surface area contributed by atoms with Gasteiger partial charge in [0.15, 0.2) is 0 Å². The number of aromatic nitrogens is 1. The number of nitrogens with two attached hydrogens (primary N) is 1. The van der Waals surface area contributed by atoms with Gasteiger partial charge in [0.25, 0.3) is 0 Å². The van der Waals surface area contributed by atoms with Crippen molar-refractivity contribution >= 4 is 17.7 Å². The second-order valence-corrected chi connectivity index (χ2v) is 8.40. The number of halogens is 1. The van der Waals surface area contributed by atoms with E-state index < -0.39 is 23.6 Å². The number of morpholine rings is 1. The van der Waals surface area contributed by atoms with Crippen LogP contribution in [0.5, 0.6) is 0 Å². The van der Waals surface area contributed by atoms with Gasteiger partial charge in [-0.05, 0) is 40.0 Å². The lowest BCUT2D eigenvalue weighted by Crippen LogP contribution is -2.55. The molecular weight excluding hydrogens is 393 g/mol. The summed E-state index contributed by atoms with van der Waals surface area (Å²) < 4.78 is 30.7. The number of nitrogen functional groups attached to an aromatic ring is 1. The molecule has 1 saturated heterocycles. The van der Waals surface area contributed by atoms with Gasteiger partial charge < -0.3 is 19.9 Å². The number of esters is 1. The van der Waals surface area contributed by atoms with E-state index >= 15 is 0 Å². The summed E-state index contributed by atoms with van der Waals surface area (Å²) in [6.07, 6.45) is 3.54. The molecule has 0 bridgehead atoms. The van der Waals surface area contributed by atoms with Crippen LogP contribution in [0.25, 0.3) is 0 Å². The molecule has 2 N–H and O–H groups in total. The third-order valence-electron chi connectivity index (χ3n) is 4.64. The van der Waals surface area contributed by atoms with Gasteiger partial charge in [0.1, 0.15) is 18.0 Å². The first kappa shape index (κ1) is 23.9. The molecule has 0 radical (unpaired) electrons. The number of hydrogen-bond donors (Lipinski definition) is 1. The van der Waals surface area contributed by atoms with Crippen LogP contribution in [0.1, 0.15) is 52.5 Å². The molecule has 1 aliphatic rings. The van der Waals surface area contributed by atoms with E-state index in [1.165, 1.54) is 11.1 Å². The van der Waals surface area contributed by atoms with Crippen LogP contribution in [0.3, 0.4) is 0 Å². The molecule has 1 aromatic rings. The highest BCUT2D eigenvalue weighted by atomic mass is 19.1. The fraction of sp³-hybridized carbons (Fsp3) is 0.667. The van der Waals surface area contributed by atoms with Crippen molar-refractivity contribution in [2.75, 3.05) is 25.5 Å². The van der Waals surface area contributed by atoms with E-state index in [1.807, 2.05) is 6.92 Å². The molecular formula is C21H32FN3O5. The highest BCUT2D eigenvalue weighted by Crippen LogP contribution is 2.22. The Bertz CT molecular complexity index is 718. The molecule has 30 heavy (non-hydrogen) atoms. The van der Waals surface area contributed by atoms with E-state index in [4.69, 9.17) is 19.9 Å². The average Bonchev–Trinajstić information content (AvgIpc) is 2.65. The third-order valence-corrected chi connectivity index (χ3v) is 4.64. The summed E-state index contributed by atoms with van der Waals surface area (Å²) in [5.74, 6) is -0.775. The minimum Gasteiger partial charge on any atom is -0.463 e. The molecule has 1 amide bonds. The second kappa shape index (κ2) is 10.6. The van der Waals surface area contributed by atoms with Gasteiger partial charge in [-0.15, -0.1) is 0 Å². The summed E-state index contributed by atoms with van der Waals surface area (Å²) >= 11 is 0. The smallest absolute Gasteiger partial charge is 0.410 e. The highest BCUT2D eigenvalue weighted by Gasteiger charge is 2.35. The SMILES string of the molecule is CCCC(=O)OC[C@@H]1CO[C@H](CCc2c(N)cncc2F)CN1C(=O)OC(C)(C)C. The predicted octanol–water partition coefficient (Wildman–Crippen LogP) is 3.08. The molecule has 8 nitrogen and oxygen atoms in total. The maximum atomic E-state index is 14.0. The van der Waals surface area contributed by atoms with E-state index in [0.29, 0.717) is 31.2 Å². The number of ether oxygens (including phenoxy) is 3. The van der Waals surface area contributed by atoms with Crippen molar-refractivity contribution in [1.82, 2.24) is 9.88 Å². The van der Waals surface area contributed by atoms with E-state index in [-0.39, 0.29) is 37.5 Å². The van der Waals surface area contributed by atoms with Gasteiger partial charge in [-0.2, -0.15) is 0 Å². The van der Waals surface area contributed by atoms with Crippen molar-refractivity contribution in [3.05, 3.63) is 23.8 Å². The lowest BCUT2D eigenvalue weighted by Gasteiger charge is -2.39. The maximum absolute atomic E-state index is 14.0. The summed E-state index contributed by atoms with van der Waals surface area (Å²) in [6, 6.07) is -0.445. The molecule has 1 aromatic heterocycles. The van der Waals surface area contributed by atoms with Crippen LogP contribution in [-0.4, -0.2) is 59.5 Å². The van der Waals surface area contributed by atoms with Gasteiger partial charge in [-0.1, -0.05) is 6.92 Å². The summed E-state index contributed by atoms with van der Waals surface area (Å²) in [7, 11) is 0. The number of carbonyl (C=O) groups is 2. The molecule has 1 aliphatic heterocycles. The monoisotopic (exact) mass is 425 g/mol. The Morgan fingerprint density at radius 2 is 2.10 bits per heavy atom. The molecule has 2 atom stereocenters. The largest absolute Gasteiger partial charge is 0.463 e. The van der Waals surface area contributed by atoms with Crippen molar-refractivity contribution in [1.29, 1.82) is 0 Å². The third kappa shape index (κ3) is 7.12. The minimum atomic E-state index is -0.664. The van der Waals surface area contributed by atoms with Crippen molar-refractivity contribution in [3.8, 4) is 0 Å². The zero-order valence-corrected chi connectivity index (χ0v) is 18.2. The predicted molar refractivity (Wildman–Crippen MR) is 109 cm³/mol. The van der Waals surface area contributed by atoms with E-state index in [9.17, 15) is 14.0 Å². The molecule has 0 unspecified atom stereocenters. The summed E-state index contributed by atoms with van der Waals surface area (Å²) in [5, 5.41) is 0. The Labute approximate surface area is 176 Å². The van der Waals surface area contributed by atoms with Crippen molar-refractivity contribution in [2.24, 2.45) is 0 Å². The quantitative estimate of drug-likeness (QED) is 0.670. The molecule has 9 heteroatoms. The zero-order chi connectivity index (χ0) is 22.3. The number of hydrogen-bond acceptors (Lipinski definition) is 7. The fourth-order valence-electron chi connectivity index (χ4n) is 3.13. The number of carbonyl (C=O) groups excluding carboxylic acids is 2. The Morgan fingerprint density at radius 3 is 2.73 bits per heavy atom. The Balaban J connectivity index is 2.03. The number of pyridine rings is 1. The van der Waals surface area contributed by atoms with Crippen LogP contribution in [0.4, 0.5) is 14.9 Å². The normalized spacial score (nSPS) is 19.4. The summed E-state index contributed by atoms with van der Waals surface area (Å²) in [6.45, 7) is 7.73. The number of amides is 1. The van der Waals surface area contributed by atoms with Crippen LogP contribution in [-0.2, 0) is 25.4 Å². The maximum Gasteiger partial charge on any atom is 0.410 e. The van der Waals surface area contributed by atoms with Crippen molar-refractivity contribution < 1.29 is 28.2 Å². The van der Waals surface area contributed by atoms with Crippen LogP contribution in [0.15, 0.2) is 12.4 Å². The van der Waals surface area contributed by atoms with Crippen molar-refractivity contribution in [3.63, 3.8) is 0 Å². The first-order valence-corrected chi connectivity index (χ1v) is 10.3. The molecule has 2 rings (SSSR count). The first-order chi connectivity index (χ1) is 14.1. The van der Waals surface area contributed by atoms with Crippen LogP contribution in [0, 0.1) is 5.82 Å². The highest BCUT2D eigenvalue weighted by molar-refractivity contribution is 5.70. The molecule has 0 aromatic carbocycles. The first-order valence-electron chi connectivity index (χ1n) is 10.3. The average molecular weight is 426 g/mol. The molecule has 2 heterocycles. The van der Waals surface area contributed by atoms with E-state index in [2.05, 4.69) is 4.98 Å². The second-order valence-electron chi connectivity index (χ2n) is 8.40. The topological polar surface area (TPSA) is 104 Å². The minimum absolute atomic E-state index is 0.0384.